The van der Waals surface area contributed by atoms with E-state index in [1.807, 2.05) is 0 Å². The molecular weight excluding hydrogens is 244 g/mol. The Balaban J connectivity index is 2.94. The highest BCUT2D eigenvalue weighted by atomic mass is 79.9. The third kappa shape index (κ3) is 1.04. The first kappa shape index (κ1) is 8.08. The number of rotatable bonds is 0. The molecule has 0 aliphatic rings. The van der Waals surface area contributed by atoms with Crippen molar-refractivity contribution in [2.75, 3.05) is 0 Å². The number of benzene rings is 1. The van der Waals surface area contributed by atoms with Gasteiger partial charge < -0.3 is 4.98 Å². The van der Waals surface area contributed by atoms with Gasteiger partial charge in [0.25, 0.3) is 0 Å². The van der Waals surface area contributed by atoms with Crippen molar-refractivity contribution in [2.24, 2.45) is 0 Å². The lowest BCUT2D eigenvalue weighted by atomic mass is 10.2. The van der Waals surface area contributed by atoms with E-state index in [4.69, 9.17) is 11.6 Å². The first-order valence-corrected chi connectivity index (χ1v) is 4.48. The van der Waals surface area contributed by atoms with Gasteiger partial charge in [-0.3, -0.25) is 0 Å². The highest BCUT2D eigenvalue weighted by Gasteiger charge is 2.09. The minimum atomic E-state index is -0.407. The summed E-state index contributed by atoms with van der Waals surface area (Å²) in [5.41, 5.74) is 0.821. The van der Waals surface area contributed by atoms with Crippen LogP contribution in [0.2, 0.25) is 5.02 Å². The Morgan fingerprint density at radius 3 is 3.00 bits per heavy atom. The van der Waals surface area contributed by atoms with Crippen LogP contribution in [0.15, 0.2) is 22.8 Å². The molecule has 0 saturated carbocycles. The number of aromatic amines is 1. The van der Waals surface area contributed by atoms with Gasteiger partial charge in [-0.25, -0.2) is 4.39 Å². The summed E-state index contributed by atoms with van der Waals surface area (Å²) in [6, 6.07) is 3.19. The fourth-order valence-electron chi connectivity index (χ4n) is 1.11. The first-order chi connectivity index (χ1) is 5.70. The highest BCUT2D eigenvalue weighted by molar-refractivity contribution is 9.10. The molecule has 0 saturated heterocycles. The molecule has 1 heterocycles. The molecule has 0 bridgehead atoms. The number of hydrogen-bond acceptors (Lipinski definition) is 0. The predicted molar refractivity (Wildman–Crippen MR) is 51.0 cm³/mol. The van der Waals surface area contributed by atoms with Crippen molar-refractivity contribution in [1.82, 2.24) is 4.98 Å². The van der Waals surface area contributed by atoms with Gasteiger partial charge in [-0.2, -0.15) is 0 Å². The van der Waals surface area contributed by atoms with E-state index in [2.05, 4.69) is 20.9 Å². The van der Waals surface area contributed by atoms with Crippen LogP contribution in [0.5, 0.6) is 0 Å². The van der Waals surface area contributed by atoms with Crippen LogP contribution in [-0.2, 0) is 0 Å². The Bertz CT molecular complexity index is 438. The largest absolute Gasteiger partial charge is 0.360 e. The highest BCUT2D eigenvalue weighted by Crippen LogP contribution is 2.32. The minimum Gasteiger partial charge on any atom is -0.360 e. The topological polar surface area (TPSA) is 15.8 Å². The molecule has 0 aliphatic heterocycles. The lowest BCUT2D eigenvalue weighted by Gasteiger charge is -1.98. The Labute approximate surface area is 81.7 Å². The Hall–Kier alpha value is -0.540. The van der Waals surface area contributed by atoms with Crippen molar-refractivity contribution in [1.29, 1.82) is 0 Å². The Kier molecular flexibility index (Phi) is 1.85. The van der Waals surface area contributed by atoms with Crippen molar-refractivity contribution in [3.8, 4) is 0 Å². The van der Waals surface area contributed by atoms with Gasteiger partial charge in [0.15, 0.2) is 0 Å². The van der Waals surface area contributed by atoms with Crippen molar-refractivity contribution in [3.63, 3.8) is 0 Å². The molecule has 0 fully saturated rings. The zero-order valence-corrected chi connectivity index (χ0v) is 8.21. The van der Waals surface area contributed by atoms with Gasteiger partial charge in [0.2, 0.25) is 0 Å². The number of nitrogens with one attached hydrogen (secondary N) is 1. The number of fused-ring (bicyclic) bond motifs is 1. The number of hydrogen-bond donors (Lipinski definition) is 1. The van der Waals surface area contributed by atoms with Crippen LogP contribution in [0, 0.1) is 5.82 Å². The molecule has 0 amide bonds. The molecule has 62 valence electrons. The van der Waals surface area contributed by atoms with Gasteiger partial charge in [-0.05, 0) is 28.1 Å². The van der Waals surface area contributed by atoms with Crippen LogP contribution >= 0.6 is 27.5 Å². The summed E-state index contributed by atoms with van der Waals surface area (Å²) < 4.78 is 13.6. The molecule has 2 aromatic rings. The second-order valence-electron chi connectivity index (χ2n) is 2.43. The predicted octanol–water partition coefficient (Wildman–Crippen LogP) is 3.72. The van der Waals surface area contributed by atoms with E-state index in [9.17, 15) is 4.39 Å². The summed E-state index contributed by atoms with van der Waals surface area (Å²) >= 11 is 8.88. The molecule has 1 aromatic heterocycles. The number of halogens is 3. The fraction of sp³-hybridized carbons (Fsp3) is 0. The van der Waals surface area contributed by atoms with Crippen molar-refractivity contribution >= 4 is 38.4 Å². The zero-order valence-electron chi connectivity index (χ0n) is 5.87. The van der Waals surface area contributed by atoms with Crippen LogP contribution in [0.1, 0.15) is 0 Å². The third-order valence-electron chi connectivity index (χ3n) is 1.68. The molecule has 0 unspecified atom stereocenters. The molecule has 1 aromatic carbocycles. The quantitative estimate of drug-likeness (QED) is 0.684. The average Bonchev–Trinajstić information content (AvgIpc) is 2.48. The van der Waals surface area contributed by atoms with Gasteiger partial charge in [0.05, 0.1) is 15.0 Å². The zero-order chi connectivity index (χ0) is 8.72. The van der Waals surface area contributed by atoms with E-state index >= 15 is 0 Å². The first-order valence-electron chi connectivity index (χ1n) is 3.30. The van der Waals surface area contributed by atoms with E-state index in [1.165, 1.54) is 6.07 Å². The molecule has 2 rings (SSSR count). The smallest absolute Gasteiger partial charge is 0.143 e. The lowest BCUT2D eigenvalue weighted by molar-refractivity contribution is 0.629. The molecule has 0 spiro atoms. The molecule has 0 radical (unpaired) electrons. The van der Waals surface area contributed by atoms with E-state index in [1.54, 1.807) is 12.3 Å². The van der Waals surface area contributed by atoms with Gasteiger partial charge in [0, 0.05) is 11.6 Å². The molecule has 1 nitrogen and oxygen atoms in total. The maximum absolute atomic E-state index is 13.0. The third-order valence-corrected chi connectivity index (χ3v) is 3.07. The van der Waals surface area contributed by atoms with Crippen LogP contribution in [-0.4, -0.2) is 4.98 Å². The van der Waals surface area contributed by atoms with Gasteiger partial charge in [-0.15, -0.1) is 0 Å². The standard InChI is InChI=1S/C8H4BrClFN/c9-6-7(10)5(11)3-4-1-2-12-8(4)6/h1-3,12H. The molecule has 12 heavy (non-hydrogen) atoms. The van der Waals surface area contributed by atoms with E-state index in [0.29, 0.717) is 4.47 Å². The summed E-state index contributed by atoms with van der Waals surface area (Å²) in [7, 11) is 0. The van der Waals surface area contributed by atoms with E-state index in [0.717, 1.165) is 10.9 Å². The molecule has 4 heteroatoms. The summed E-state index contributed by atoms with van der Waals surface area (Å²) in [5.74, 6) is -0.407. The number of aromatic nitrogens is 1. The van der Waals surface area contributed by atoms with E-state index in [-0.39, 0.29) is 5.02 Å². The second kappa shape index (κ2) is 2.75. The van der Waals surface area contributed by atoms with Gasteiger partial charge in [-0.1, -0.05) is 11.6 Å². The van der Waals surface area contributed by atoms with Gasteiger partial charge in [0.1, 0.15) is 5.82 Å². The van der Waals surface area contributed by atoms with Gasteiger partial charge >= 0.3 is 0 Å². The van der Waals surface area contributed by atoms with Crippen molar-refractivity contribution in [2.45, 2.75) is 0 Å². The minimum absolute atomic E-state index is 0.116. The molecular formula is C8H4BrClFN. The molecule has 0 aliphatic carbocycles. The van der Waals surface area contributed by atoms with Crippen LogP contribution < -0.4 is 0 Å². The average molecular weight is 248 g/mol. The van der Waals surface area contributed by atoms with Crippen LogP contribution in [0.25, 0.3) is 10.9 Å². The molecule has 0 atom stereocenters. The molecule has 1 N–H and O–H groups in total. The van der Waals surface area contributed by atoms with Crippen molar-refractivity contribution < 1.29 is 4.39 Å². The summed E-state index contributed by atoms with van der Waals surface area (Å²) in [6.45, 7) is 0. The van der Waals surface area contributed by atoms with E-state index < -0.39 is 5.82 Å². The van der Waals surface area contributed by atoms with Crippen LogP contribution in [0.3, 0.4) is 0 Å². The Morgan fingerprint density at radius 2 is 2.25 bits per heavy atom. The maximum Gasteiger partial charge on any atom is 0.143 e. The second-order valence-corrected chi connectivity index (χ2v) is 3.60. The van der Waals surface area contributed by atoms with Crippen LogP contribution in [0.4, 0.5) is 4.39 Å². The normalized spacial score (nSPS) is 10.9. The lowest BCUT2D eigenvalue weighted by Crippen LogP contribution is -1.79. The summed E-state index contributed by atoms with van der Waals surface area (Å²) in [5, 5.41) is 0.925. The Morgan fingerprint density at radius 1 is 1.50 bits per heavy atom. The fourth-order valence-corrected chi connectivity index (χ4v) is 1.79. The maximum atomic E-state index is 13.0. The summed E-state index contributed by atoms with van der Waals surface area (Å²) in [4.78, 5) is 2.96. The monoisotopic (exact) mass is 247 g/mol. The summed E-state index contributed by atoms with van der Waals surface area (Å²) in [6.07, 6.45) is 1.74. The van der Waals surface area contributed by atoms with Crippen molar-refractivity contribution in [3.05, 3.63) is 33.6 Å². The number of H-pyrrole nitrogens is 1. The SMILES string of the molecule is Fc1cc2cc[nH]c2c(Br)c1Cl.